The van der Waals surface area contributed by atoms with Crippen LogP contribution in [0.15, 0.2) is 12.1 Å². The molecule has 8 nitrogen and oxygen atoms in total. The minimum absolute atomic E-state index is 0.285. The summed E-state index contributed by atoms with van der Waals surface area (Å²) in [5, 5.41) is 0. The van der Waals surface area contributed by atoms with Crippen LogP contribution in [0.1, 0.15) is 42.4 Å². The molecule has 0 saturated carbocycles. The minimum atomic E-state index is 0.285. The first kappa shape index (κ1) is 19.9. The van der Waals surface area contributed by atoms with Crippen molar-refractivity contribution < 1.29 is 9.47 Å². The fourth-order valence-corrected chi connectivity index (χ4v) is 4.61. The smallest absolute Gasteiger partial charge is 0.320 e. The van der Waals surface area contributed by atoms with Crippen molar-refractivity contribution >= 4 is 28.3 Å². The molecular formula is C20H28N6O2S. The van der Waals surface area contributed by atoms with Gasteiger partial charge in [0.25, 0.3) is 6.01 Å². The Kier molecular flexibility index (Phi) is 6.15. The van der Waals surface area contributed by atoms with Crippen molar-refractivity contribution in [1.82, 2.24) is 24.4 Å². The van der Waals surface area contributed by atoms with Gasteiger partial charge in [-0.15, -0.1) is 11.3 Å². The van der Waals surface area contributed by atoms with E-state index in [1.165, 1.54) is 35.7 Å². The third-order valence-corrected chi connectivity index (χ3v) is 6.14. The predicted octanol–water partition coefficient (Wildman–Crippen LogP) is 3.30. The molecule has 3 aromatic heterocycles. The maximum Gasteiger partial charge on any atom is 0.320 e. The highest BCUT2D eigenvalue weighted by atomic mass is 32.1. The van der Waals surface area contributed by atoms with E-state index in [0.29, 0.717) is 36.1 Å². The SMILES string of the molecule is CCCCOc1nc(N)c2nc(OC)n(Cc3ccc(CN4CCCC4)s3)c2n1. The molecule has 4 rings (SSSR count). The van der Waals surface area contributed by atoms with Crippen molar-refractivity contribution in [3.05, 3.63) is 21.9 Å². The summed E-state index contributed by atoms with van der Waals surface area (Å²) in [6.07, 6.45) is 4.60. The van der Waals surface area contributed by atoms with E-state index in [-0.39, 0.29) is 6.01 Å². The molecule has 0 aliphatic carbocycles. The number of aromatic nitrogens is 4. The molecule has 0 atom stereocenters. The van der Waals surface area contributed by atoms with Gasteiger partial charge in [-0.05, 0) is 44.5 Å². The van der Waals surface area contributed by atoms with Crippen LogP contribution in [-0.4, -0.2) is 51.2 Å². The first-order chi connectivity index (χ1) is 14.2. The lowest BCUT2D eigenvalue weighted by molar-refractivity contribution is 0.286. The van der Waals surface area contributed by atoms with Crippen molar-refractivity contribution in [3.8, 4) is 12.0 Å². The molecule has 0 radical (unpaired) electrons. The molecule has 0 unspecified atom stereocenters. The van der Waals surface area contributed by atoms with Crippen LogP contribution in [0.2, 0.25) is 0 Å². The second kappa shape index (κ2) is 8.96. The number of imidazole rings is 1. The summed E-state index contributed by atoms with van der Waals surface area (Å²) < 4.78 is 13.1. The van der Waals surface area contributed by atoms with Gasteiger partial charge >= 0.3 is 6.01 Å². The average Bonchev–Trinajstić information content (AvgIpc) is 3.44. The zero-order chi connectivity index (χ0) is 20.2. The molecule has 1 saturated heterocycles. The van der Waals surface area contributed by atoms with Crippen LogP contribution in [-0.2, 0) is 13.1 Å². The maximum atomic E-state index is 6.12. The van der Waals surface area contributed by atoms with E-state index < -0.39 is 0 Å². The topological polar surface area (TPSA) is 91.3 Å². The van der Waals surface area contributed by atoms with Crippen LogP contribution in [0.5, 0.6) is 12.0 Å². The molecule has 156 valence electrons. The highest BCUT2D eigenvalue weighted by Crippen LogP contribution is 2.28. The average molecular weight is 417 g/mol. The zero-order valence-electron chi connectivity index (χ0n) is 17.1. The summed E-state index contributed by atoms with van der Waals surface area (Å²) in [7, 11) is 1.60. The van der Waals surface area contributed by atoms with Gasteiger partial charge in [0.15, 0.2) is 17.0 Å². The number of ether oxygens (including phenoxy) is 2. The Morgan fingerprint density at radius 3 is 2.59 bits per heavy atom. The third kappa shape index (κ3) is 4.45. The molecule has 0 aromatic carbocycles. The van der Waals surface area contributed by atoms with E-state index in [1.54, 1.807) is 7.11 Å². The van der Waals surface area contributed by atoms with Crippen molar-refractivity contribution in [2.75, 3.05) is 32.5 Å². The fraction of sp³-hybridized carbons (Fsp3) is 0.550. The quantitative estimate of drug-likeness (QED) is 0.535. The lowest BCUT2D eigenvalue weighted by Crippen LogP contribution is -2.17. The summed E-state index contributed by atoms with van der Waals surface area (Å²) in [5.41, 5.74) is 7.30. The Balaban J connectivity index is 1.59. The van der Waals surface area contributed by atoms with E-state index >= 15 is 0 Å². The molecule has 0 bridgehead atoms. The summed E-state index contributed by atoms with van der Waals surface area (Å²) in [6.45, 7) is 6.72. The van der Waals surface area contributed by atoms with Crippen LogP contribution >= 0.6 is 11.3 Å². The molecule has 29 heavy (non-hydrogen) atoms. The molecule has 1 aliphatic rings. The second-order valence-corrected chi connectivity index (χ2v) is 8.55. The molecule has 1 aliphatic heterocycles. The summed E-state index contributed by atoms with van der Waals surface area (Å²) in [6, 6.07) is 5.14. The molecular weight excluding hydrogens is 388 g/mol. The highest BCUT2D eigenvalue weighted by Gasteiger charge is 2.19. The first-order valence-corrected chi connectivity index (χ1v) is 11.0. The Labute approximate surface area is 174 Å². The van der Waals surface area contributed by atoms with Gasteiger partial charge in [0.05, 0.1) is 20.3 Å². The second-order valence-electron chi connectivity index (χ2n) is 7.30. The molecule has 4 heterocycles. The number of hydrogen-bond donors (Lipinski definition) is 1. The largest absolute Gasteiger partial charge is 0.468 e. The van der Waals surface area contributed by atoms with E-state index in [0.717, 1.165) is 19.4 Å². The number of anilines is 1. The number of likely N-dealkylation sites (tertiary alicyclic amines) is 1. The van der Waals surface area contributed by atoms with Crippen LogP contribution in [0, 0.1) is 0 Å². The number of hydrogen-bond acceptors (Lipinski definition) is 8. The Hall–Kier alpha value is -2.39. The van der Waals surface area contributed by atoms with Gasteiger partial charge in [0.2, 0.25) is 0 Å². The van der Waals surface area contributed by atoms with Crippen molar-refractivity contribution in [2.24, 2.45) is 0 Å². The predicted molar refractivity (Wildman–Crippen MR) is 115 cm³/mol. The third-order valence-electron chi connectivity index (χ3n) is 5.09. The first-order valence-electron chi connectivity index (χ1n) is 10.2. The normalized spacial score (nSPS) is 14.7. The van der Waals surface area contributed by atoms with Crippen molar-refractivity contribution in [3.63, 3.8) is 0 Å². The summed E-state index contributed by atoms with van der Waals surface area (Å²) in [5.74, 6) is 0.305. The van der Waals surface area contributed by atoms with Crippen molar-refractivity contribution in [2.45, 2.75) is 45.7 Å². The van der Waals surface area contributed by atoms with Crippen LogP contribution in [0.25, 0.3) is 11.2 Å². The van der Waals surface area contributed by atoms with E-state index in [1.807, 2.05) is 15.9 Å². The molecule has 0 amide bonds. The molecule has 3 aromatic rings. The van der Waals surface area contributed by atoms with Gasteiger partial charge in [0.1, 0.15) is 0 Å². The van der Waals surface area contributed by atoms with Gasteiger partial charge in [-0.25, -0.2) is 0 Å². The van der Waals surface area contributed by atoms with Gasteiger partial charge in [-0.1, -0.05) is 13.3 Å². The monoisotopic (exact) mass is 416 g/mol. The molecule has 1 fully saturated rings. The number of thiophene rings is 1. The van der Waals surface area contributed by atoms with Crippen molar-refractivity contribution in [1.29, 1.82) is 0 Å². The summed E-state index contributed by atoms with van der Waals surface area (Å²) in [4.78, 5) is 18.4. The number of unbranched alkanes of at least 4 members (excludes halogenated alkanes) is 1. The van der Waals surface area contributed by atoms with E-state index in [9.17, 15) is 0 Å². The Bertz CT molecular complexity index is 963. The van der Waals surface area contributed by atoms with Gasteiger partial charge < -0.3 is 15.2 Å². The summed E-state index contributed by atoms with van der Waals surface area (Å²) >= 11 is 1.82. The minimum Gasteiger partial charge on any atom is -0.468 e. The lowest BCUT2D eigenvalue weighted by atomic mass is 10.4. The molecule has 9 heteroatoms. The maximum absolute atomic E-state index is 6.12. The molecule has 2 N–H and O–H groups in total. The van der Waals surface area contributed by atoms with Crippen LogP contribution in [0.4, 0.5) is 5.82 Å². The standard InChI is InChI=1S/C20H28N6O2S/c1-3-4-11-28-19-23-17(21)16-18(24-19)26(20(22-16)27-2)13-15-8-7-14(29-15)12-25-9-5-6-10-25/h7-8H,3-6,9-13H2,1-2H3,(H2,21,23,24). The Morgan fingerprint density at radius 1 is 1.10 bits per heavy atom. The van der Waals surface area contributed by atoms with E-state index in [2.05, 4.69) is 38.9 Å². The number of nitrogens with two attached hydrogens (primary N) is 1. The zero-order valence-corrected chi connectivity index (χ0v) is 17.9. The van der Waals surface area contributed by atoms with E-state index in [4.69, 9.17) is 15.2 Å². The number of nitrogens with zero attached hydrogens (tertiary/aromatic N) is 5. The number of methoxy groups -OCH3 is 1. The van der Waals surface area contributed by atoms with Gasteiger partial charge in [-0.2, -0.15) is 15.0 Å². The molecule has 0 spiro atoms. The lowest BCUT2D eigenvalue weighted by Gasteiger charge is -2.12. The fourth-order valence-electron chi connectivity index (χ4n) is 3.56. The number of rotatable bonds is 9. The van der Waals surface area contributed by atoms with Gasteiger partial charge in [-0.3, -0.25) is 9.47 Å². The number of fused-ring (bicyclic) bond motifs is 1. The number of nitrogen functional groups attached to an aromatic ring is 1. The van der Waals surface area contributed by atoms with Crippen LogP contribution < -0.4 is 15.2 Å². The highest BCUT2D eigenvalue weighted by molar-refractivity contribution is 7.11. The Morgan fingerprint density at radius 2 is 1.86 bits per heavy atom. The van der Waals surface area contributed by atoms with Crippen LogP contribution in [0.3, 0.4) is 0 Å². The van der Waals surface area contributed by atoms with Gasteiger partial charge in [0, 0.05) is 16.3 Å².